The maximum absolute atomic E-state index is 12.6. The standard InChI is InChI=1S/C14H8Cl2F3N3O3/c15-9-3-1-7(5-10(9)16)13(23)21-20-11-4-2-8(14(17,18)19)6-12(11)22(24)25/h1-6,20H,(H,21,23). The van der Waals surface area contributed by atoms with E-state index >= 15 is 0 Å². The average molecular weight is 394 g/mol. The Balaban J connectivity index is 2.20. The van der Waals surface area contributed by atoms with Gasteiger partial charge in [-0.25, -0.2) is 0 Å². The molecule has 0 unspecified atom stereocenters. The van der Waals surface area contributed by atoms with Crippen LogP contribution in [-0.4, -0.2) is 10.8 Å². The predicted molar refractivity (Wildman–Crippen MR) is 85.6 cm³/mol. The van der Waals surface area contributed by atoms with E-state index in [0.717, 1.165) is 6.07 Å². The number of nitro benzene ring substituents is 1. The Morgan fingerprint density at radius 1 is 1.08 bits per heavy atom. The van der Waals surface area contributed by atoms with E-state index in [9.17, 15) is 28.1 Å². The van der Waals surface area contributed by atoms with Gasteiger partial charge in [-0.05, 0) is 30.3 Å². The number of nitro groups is 1. The molecule has 0 spiro atoms. The van der Waals surface area contributed by atoms with Gasteiger partial charge in [0.25, 0.3) is 11.6 Å². The second-order valence-electron chi connectivity index (χ2n) is 4.69. The monoisotopic (exact) mass is 393 g/mol. The summed E-state index contributed by atoms with van der Waals surface area (Å²) in [7, 11) is 0. The van der Waals surface area contributed by atoms with Crippen LogP contribution in [0.25, 0.3) is 0 Å². The van der Waals surface area contributed by atoms with Crippen molar-refractivity contribution in [1.29, 1.82) is 0 Å². The lowest BCUT2D eigenvalue weighted by molar-refractivity contribution is -0.384. The molecular formula is C14H8Cl2F3N3O3. The number of rotatable bonds is 4. The largest absolute Gasteiger partial charge is 0.416 e. The summed E-state index contributed by atoms with van der Waals surface area (Å²) in [4.78, 5) is 21.9. The van der Waals surface area contributed by atoms with Crippen molar-refractivity contribution >= 4 is 40.5 Å². The van der Waals surface area contributed by atoms with Gasteiger partial charge < -0.3 is 0 Å². The molecular weight excluding hydrogens is 386 g/mol. The average Bonchev–Trinajstić information content (AvgIpc) is 2.54. The fraction of sp³-hybridized carbons (Fsp3) is 0.0714. The molecule has 6 nitrogen and oxygen atoms in total. The highest BCUT2D eigenvalue weighted by molar-refractivity contribution is 6.42. The molecule has 2 N–H and O–H groups in total. The molecule has 0 aliphatic heterocycles. The van der Waals surface area contributed by atoms with Crippen molar-refractivity contribution in [3.05, 3.63) is 67.7 Å². The van der Waals surface area contributed by atoms with Gasteiger partial charge in [-0.1, -0.05) is 23.2 Å². The lowest BCUT2D eigenvalue weighted by atomic mass is 10.1. The van der Waals surface area contributed by atoms with Gasteiger partial charge in [0.05, 0.1) is 20.5 Å². The number of carbonyl (C=O) groups excluding carboxylic acids is 1. The van der Waals surface area contributed by atoms with Crippen molar-refractivity contribution < 1.29 is 22.9 Å². The molecule has 0 bridgehead atoms. The second kappa shape index (κ2) is 7.16. The Bertz CT molecular complexity index is 844. The summed E-state index contributed by atoms with van der Waals surface area (Å²) in [5.41, 5.74) is 2.12. The number of hydrazine groups is 1. The van der Waals surface area contributed by atoms with Crippen LogP contribution in [0.1, 0.15) is 15.9 Å². The van der Waals surface area contributed by atoms with Crippen molar-refractivity contribution in [2.75, 3.05) is 5.43 Å². The molecule has 25 heavy (non-hydrogen) atoms. The lowest BCUT2D eigenvalue weighted by Gasteiger charge is -2.11. The van der Waals surface area contributed by atoms with Crippen LogP contribution in [0.3, 0.4) is 0 Å². The number of anilines is 1. The van der Waals surface area contributed by atoms with E-state index in [1.807, 2.05) is 0 Å². The Morgan fingerprint density at radius 2 is 1.76 bits per heavy atom. The number of nitrogens with zero attached hydrogens (tertiary/aromatic N) is 1. The van der Waals surface area contributed by atoms with E-state index < -0.39 is 28.3 Å². The van der Waals surface area contributed by atoms with E-state index in [2.05, 4.69) is 10.9 Å². The number of carbonyl (C=O) groups is 1. The van der Waals surface area contributed by atoms with Crippen LogP contribution in [-0.2, 0) is 6.18 Å². The summed E-state index contributed by atoms with van der Waals surface area (Å²) in [6.45, 7) is 0. The zero-order chi connectivity index (χ0) is 18.8. The Kier molecular flexibility index (Phi) is 5.39. The number of benzene rings is 2. The van der Waals surface area contributed by atoms with Crippen LogP contribution in [0.5, 0.6) is 0 Å². The van der Waals surface area contributed by atoms with E-state index in [-0.39, 0.29) is 21.3 Å². The van der Waals surface area contributed by atoms with E-state index in [4.69, 9.17) is 23.2 Å². The third-order valence-electron chi connectivity index (χ3n) is 3.01. The fourth-order valence-corrected chi connectivity index (χ4v) is 2.10. The molecule has 1 amide bonds. The summed E-state index contributed by atoms with van der Waals surface area (Å²) in [5, 5.41) is 11.3. The van der Waals surface area contributed by atoms with Gasteiger partial charge >= 0.3 is 6.18 Å². The highest BCUT2D eigenvalue weighted by Gasteiger charge is 2.33. The van der Waals surface area contributed by atoms with E-state index in [0.29, 0.717) is 12.1 Å². The van der Waals surface area contributed by atoms with Crippen molar-refractivity contribution in [3.63, 3.8) is 0 Å². The maximum atomic E-state index is 12.6. The summed E-state index contributed by atoms with van der Waals surface area (Å²) >= 11 is 11.5. The van der Waals surface area contributed by atoms with Crippen LogP contribution < -0.4 is 10.9 Å². The van der Waals surface area contributed by atoms with Crippen LogP contribution in [0.15, 0.2) is 36.4 Å². The molecule has 0 fully saturated rings. The van der Waals surface area contributed by atoms with Gasteiger partial charge in [-0.15, -0.1) is 0 Å². The Morgan fingerprint density at radius 3 is 2.32 bits per heavy atom. The molecule has 2 rings (SSSR count). The number of nitrogens with one attached hydrogen (secondary N) is 2. The highest BCUT2D eigenvalue weighted by atomic mass is 35.5. The molecule has 132 valence electrons. The van der Waals surface area contributed by atoms with Gasteiger partial charge in [0.15, 0.2) is 0 Å². The molecule has 0 aromatic heterocycles. The Hall–Kier alpha value is -2.52. The quantitative estimate of drug-likeness (QED) is 0.583. The molecule has 0 aliphatic carbocycles. The number of amides is 1. The summed E-state index contributed by atoms with van der Waals surface area (Å²) < 4.78 is 37.9. The van der Waals surface area contributed by atoms with E-state index in [1.54, 1.807) is 0 Å². The molecule has 0 heterocycles. The van der Waals surface area contributed by atoms with Crippen LogP contribution in [0.4, 0.5) is 24.5 Å². The normalized spacial score (nSPS) is 11.1. The minimum Gasteiger partial charge on any atom is -0.292 e. The highest BCUT2D eigenvalue weighted by Crippen LogP contribution is 2.34. The maximum Gasteiger partial charge on any atom is 0.416 e. The third-order valence-corrected chi connectivity index (χ3v) is 3.75. The summed E-state index contributed by atoms with van der Waals surface area (Å²) in [6, 6.07) is 5.86. The number of halogens is 5. The topological polar surface area (TPSA) is 84.3 Å². The van der Waals surface area contributed by atoms with Crippen molar-refractivity contribution in [1.82, 2.24) is 5.43 Å². The molecule has 0 atom stereocenters. The first-order valence-corrected chi connectivity index (χ1v) is 7.22. The first-order valence-electron chi connectivity index (χ1n) is 6.46. The zero-order valence-electron chi connectivity index (χ0n) is 12.0. The minimum atomic E-state index is -4.73. The third kappa shape index (κ3) is 4.52. The lowest BCUT2D eigenvalue weighted by Crippen LogP contribution is -2.29. The van der Waals surface area contributed by atoms with E-state index in [1.165, 1.54) is 18.2 Å². The molecule has 11 heteroatoms. The smallest absolute Gasteiger partial charge is 0.292 e. The van der Waals surface area contributed by atoms with Gasteiger partial charge in [0, 0.05) is 11.6 Å². The molecule has 0 saturated heterocycles. The van der Waals surface area contributed by atoms with Crippen LogP contribution in [0.2, 0.25) is 10.0 Å². The SMILES string of the molecule is O=C(NNc1ccc(C(F)(F)F)cc1[N+](=O)[O-])c1ccc(Cl)c(Cl)c1. The summed E-state index contributed by atoms with van der Waals surface area (Å²) in [6.07, 6.45) is -4.73. The summed E-state index contributed by atoms with van der Waals surface area (Å²) in [5.74, 6) is -0.715. The van der Waals surface area contributed by atoms with Gasteiger partial charge in [0.1, 0.15) is 5.69 Å². The zero-order valence-corrected chi connectivity index (χ0v) is 13.5. The molecule has 0 aliphatic rings. The molecule has 2 aromatic carbocycles. The van der Waals surface area contributed by atoms with Crippen molar-refractivity contribution in [3.8, 4) is 0 Å². The molecule has 0 radical (unpaired) electrons. The van der Waals surface area contributed by atoms with Gasteiger partial charge in [-0.2, -0.15) is 13.2 Å². The van der Waals surface area contributed by atoms with Gasteiger partial charge in [-0.3, -0.25) is 25.8 Å². The van der Waals surface area contributed by atoms with Crippen LogP contribution in [0, 0.1) is 10.1 Å². The second-order valence-corrected chi connectivity index (χ2v) is 5.51. The van der Waals surface area contributed by atoms with Crippen molar-refractivity contribution in [2.24, 2.45) is 0 Å². The number of hydrogen-bond donors (Lipinski definition) is 2. The number of hydrogen-bond acceptors (Lipinski definition) is 4. The van der Waals surface area contributed by atoms with Crippen LogP contribution >= 0.6 is 23.2 Å². The fourth-order valence-electron chi connectivity index (χ4n) is 1.80. The first-order chi connectivity index (χ1) is 11.6. The predicted octanol–water partition coefficient (Wildman–Crippen LogP) is 4.68. The number of alkyl halides is 3. The van der Waals surface area contributed by atoms with Crippen molar-refractivity contribution in [2.45, 2.75) is 6.18 Å². The van der Waals surface area contributed by atoms with Gasteiger partial charge in [0.2, 0.25) is 0 Å². The molecule has 2 aromatic rings. The first kappa shape index (κ1) is 18.8. The Labute approximate surface area is 148 Å². The minimum absolute atomic E-state index is 0.0939. The molecule has 0 saturated carbocycles.